The zero-order valence-corrected chi connectivity index (χ0v) is 19.7. The summed E-state index contributed by atoms with van der Waals surface area (Å²) in [6.07, 6.45) is 4.23. The molecular formula is C20H20ClN9O2S. The first-order chi connectivity index (χ1) is 15.6. The van der Waals surface area contributed by atoms with Crippen LogP contribution in [0.5, 0.6) is 0 Å². The van der Waals surface area contributed by atoms with Gasteiger partial charge in [-0.15, -0.1) is 21.5 Å². The lowest BCUT2D eigenvalue weighted by Gasteiger charge is -2.20. The molecule has 4 heterocycles. The van der Waals surface area contributed by atoms with E-state index in [1.807, 2.05) is 20.8 Å². The maximum atomic E-state index is 12.7. The Labute approximate surface area is 197 Å². The Morgan fingerprint density at radius 3 is 2.67 bits per heavy atom. The Morgan fingerprint density at radius 2 is 1.91 bits per heavy atom. The molecule has 0 bridgehead atoms. The fraction of sp³-hybridized carbons (Fsp3) is 0.300. The molecule has 2 amide bonds. The zero-order valence-electron chi connectivity index (χ0n) is 18.2. The van der Waals surface area contributed by atoms with Crippen LogP contribution in [0.15, 0.2) is 24.8 Å². The van der Waals surface area contributed by atoms with E-state index in [4.69, 9.17) is 11.6 Å². The Hall–Kier alpha value is -3.51. The van der Waals surface area contributed by atoms with Crippen molar-refractivity contribution in [2.45, 2.75) is 39.2 Å². The van der Waals surface area contributed by atoms with Gasteiger partial charge in [-0.25, -0.2) is 15.0 Å². The lowest BCUT2D eigenvalue weighted by atomic mass is 9.88. The van der Waals surface area contributed by atoms with E-state index in [2.05, 4.69) is 46.0 Å². The van der Waals surface area contributed by atoms with Crippen molar-refractivity contribution in [2.75, 3.05) is 5.32 Å². The second-order valence-electron chi connectivity index (χ2n) is 8.25. The first kappa shape index (κ1) is 22.7. The molecule has 0 radical (unpaired) electrons. The van der Waals surface area contributed by atoms with E-state index in [0.29, 0.717) is 31.9 Å². The van der Waals surface area contributed by atoms with Gasteiger partial charge in [0.25, 0.3) is 11.8 Å². The predicted molar refractivity (Wildman–Crippen MR) is 123 cm³/mol. The molecule has 1 unspecified atom stereocenters. The summed E-state index contributed by atoms with van der Waals surface area (Å²) in [6, 6.07) is 1.25. The standard InChI is InChI=1S/C20H20ClN9O2S/c1-9(26-18(32)14-10-6-25-30-16(10)24-8-23-14)19-22-7-12(33-19)17(31)27-13-5-11(20(2,3)4)15(21)29-28-13/h5-9H,1-4H3,(H,26,32)(H,27,28,31)(H,23,24,25,30). The lowest BCUT2D eigenvalue weighted by Crippen LogP contribution is -2.27. The van der Waals surface area contributed by atoms with Crippen LogP contribution >= 0.6 is 22.9 Å². The Kier molecular flexibility index (Phi) is 6.04. The molecule has 4 rings (SSSR count). The molecule has 0 aromatic carbocycles. The molecule has 1 atom stereocenters. The SMILES string of the molecule is CC(NC(=O)c1ncnc2[nH]ncc12)c1ncc(C(=O)Nc2cc(C(C)(C)C)c(Cl)nn2)s1. The summed E-state index contributed by atoms with van der Waals surface area (Å²) in [7, 11) is 0. The number of H-pyrrole nitrogens is 1. The maximum Gasteiger partial charge on any atom is 0.271 e. The average molecular weight is 486 g/mol. The van der Waals surface area contributed by atoms with Gasteiger partial charge in [0.2, 0.25) is 0 Å². The Morgan fingerprint density at radius 1 is 1.12 bits per heavy atom. The van der Waals surface area contributed by atoms with Crippen molar-refractivity contribution in [1.82, 2.24) is 40.7 Å². The molecule has 170 valence electrons. The highest BCUT2D eigenvalue weighted by molar-refractivity contribution is 7.13. The van der Waals surface area contributed by atoms with Crippen molar-refractivity contribution in [1.29, 1.82) is 0 Å². The van der Waals surface area contributed by atoms with Crippen molar-refractivity contribution in [3.63, 3.8) is 0 Å². The molecule has 0 fully saturated rings. The number of thiazole rings is 1. The van der Waals surface area contributed by atoms with Crippen LogP contribution in [0.3, 0.4) is 0 Å². The second kappa shape index (κ2) is 8.79. The van der Waals surface area contributed by atoms with Gasteiger partial charge in [0.1, 0.15) is 21.9 Å². The number of nitrogens with one attached hydrogen (secondary N) is 3. The first-order valence-electron chi connectivity index (χ1n) is 9.89. The number of rotatable bonds is 5. The lowest BCUT2D eigenvalue weighted by molar-refractivity contribution is 0.0936. The molecule has 0 aliphatic carbocycles. The van der Waals surface area contributed by atoms with E-state index >= 15 is 0 Å². The van der Waals surface area contributed by atoms with Crippen LogP contribution in [0.25, 0.3) is 11.0 Å². The van der Waals surface area contributed by atoms with E-state index in [9.17, 15) is 9.59 Å². The predicted octanol–water partition coefficient (Wildman–Crippen LogP) is 3.29. The third kappa shape index (κ3) is 4.81. The van der Waals surface area contributed by atoms with Crippen molar-refractivity contribution >= 4 is 51.6 Å². The second-order valence-corrected chi connectivity index (χ2v) is 9.67. The highest BCUT2D eigenvalue weighted by Crippen LogP contribution is 2.29. The summed E-state index contributed by atoms with van der Waals surface area (Å²) in [5, 5.41) is 21.4. The van der Waals surface area contributed by atoms with E-state index in [1.54, 1.807) is 13.0 Å². The molecule has 0 saturated heterocycles. The van der Waals surface area contributed by atoms with Crippen LogP contribution in [0, 0.1) is 0 Å². The minimum absolute atomic E-state index is 0.200. The molecule has 0 aliphatic rings. The number of aromatic amines is 1. The third-order valence-corrected chi connectivity index (χ3v) is 6.18. The number of fused-ring (bicyclic) bond motifs is 1. The van der Waals surface area contributed by atoms with Crippen LogP contribution in [0.4, 0.5) is 5.82 Å². The summed E-state index contributed by atoms with van der Waals surface area (Å²) in [4.78, 5) is 38.1. The minimum Gasteiger partial charge on any atom is -0.342 e. The van der Waals surface area contributed by atoms with E-state index in [0.717, 1.165) is 16.9 Å². The summed E-state index contributed by atoms with van der Waals surface area (Å²) >= 11 is 7.30. The van der Waals surface area contributed by atoms with Crippen molar-refractivity contribution < 1.29 is 9.59 Å². The van der Waals surface area contributed by atoms with Crippen LogP contribution in [-0.2, 0) is 5.41 Å². The van der Waals surface area contributed by atoms with E-state index in [-0.39, 0.29) is 17.0 Å². The number of carbonyl (C=O) groups excluding carboxylic acids is 2. The van der Waals surface area contributed by atoms with Gasteiger partial charge < -0.3 is 10.6 Å². The summed E-state index contributed by atoms with van der Waals surface area (Å²) in [5.41, 5.74) is 1.18. The number of hydrogen-bond donors (Lipinski definition) is 3. The number of hydrogen-bond acceptors (Lipinski definition) is 9. The monoisotopic (exact) mass is 485 g/mol. The van der Waals surface area contributed by atoms with Crippen molar-refractivity contribution in [2.24, 2.45) is 0 Å². The molecule has 3 N–H and O–H groups in total. The number of aromatic nitrogens is 7. The average Bonchev–Trinajstić information content (AvgIpc) is 3.43. The molecule has 0 spiro atoms. The largest absolute Gasteiger partial charge is 0.342 e. The van der Waals surface area contributed by atoms with E-state index < -0.39 is 11.9 Å². The number of halogens is 1. The van der Waals surface area contributed by atoms with Gasteiger partial charge in [-0.2, -0.15) is 5.10 Å². The van der Waals surface area contributed by atoms with Gasteiger partial charge >= 0.3 is 0 Å². The minimum atomic E-state index is -0.455. The van der Waals surface area contributed by atoms with Gasteiger partial charge in [-0.05, 0) is 18.4 Å². The highest BCUT2D eigenvalue weighted by Gasteiger charge is 2.22. The topological polar surface area (TPSA) is 151 Å². The van der Waals surface area contributed by atoms with Gasteiger partial charge in [-0.1, -0.05) is 32.4 Å². The maximum absolute atomic E-state index is 12.7. The molecule has 11 nitrogen and oxygen atoms in total. The normalized spacial score (nSPS) is 12.5. The fourth-order valence-corrected chi connectivity index (χ4v) is 4.20. The zero-order chi connectivity index (χ0) is 23.8. The molecule has 0 saturated carbocycles. The van der Waals surface area contributed by atoms with Crippen LogP contribution in [0.1, 0.15) is 64.5 Å². The summed E-state index contributed by atoms with van der Waals surface area (Å²) in [6.45, 7) is 7.75. The van der Waals surface area contributed by atoms with Crippen molar-refractivity contribution in [3.8, 4) is 0 Å². The highest BCUT2D eigenvalue weighted by atomic mass is 35.5. The van der Waals surface area contributed by atoms with Crippen molar-refractivity contribution in [3.05, 3.63) is 51.1 Å². The van der Waals surface area contributed by atoms with Gasteiger partial charge in [-0.3, -0.25) is 14.7 Å². The van der Waals surface area contributed by atoms with E-state index in [1.165, 1.54) is 18.7 Å². The third-order valence-electron chi connectivity index (χ3n) is 4.73. The Bertz CT molecular complexity index is 1340. The van der Waals surface area contributed by atoms with Crippen LogP contribution in [0.2, 0.25) is 5.15 Å². The number of carbonyl (C=O) groups is 2. The number of anilines is 1. The fourth-order valence-electron chi connectivity index (χ4n) is 3.01. The molecule has 0 aliphatic heterocycles. The molecule has 13 heteroatoms. The Balaban J connectivity index is 1.46. The van der Waals surface area contributed by atoms with Gasteiger partial charge in [0, 0.05) is 5.56 Å². The van der Waals surface area contributed by atoms with Crippen LogP contribution in [-0.4, -0.2) is 47.2 Å². The molecule has 4 aromatic rings. The van der Waals surface area contributed by atoms with Gasteiger partial charge in [0.05, 0.1) is 23.8 Å². The molecule has 4 aromatic heterocycles. The van der Waals surface area contributed by atoms with Crippen LogP contribution < -0.4 is 10.6 Å². The molecular weight excluding hydrogens is 466 g/mol. The smallest absolute Gasteiger partial charge is 0.271 e. The number of nitrogens with zero attached hydrogens (tertiary/aromatic N) is 6. The molecule has 33 heavy (non-hydrogen) atoms. The number of amides is 2. The quantitative estimate of drug-likeness (QED) is 0.389. The summed E-state index contributed by atoms with van der Waals surface area (Å²) < 4.78 is 0. The van der Waals surface area contributed by atoms with Gasteiger partial charge in [0.15, 0.2) is 16.6 Å². The summed E-state index contributed by atoms with van der Waals surface area (Å²) in [5.74, 6) is -0.494. The first-order valence-corrected chi connectivity index (χ1v) is 11.1.